The third-order valence-corrected chi connectivity index (χ3v) is 3.18. The maximum Gasteiger partial charge on any atom is 0.422 e. The summed E-state index contributed by atoms with van der Waals surface area (Å²) in [6.07, 6.45) is -2.78. The van der Waals surface area contributed by atoms with Crippen LogP contribution in [0.3, 0.4) is 0 Å². The van der Waals surface area contributed by atoms with Crippen molar-refractivity contribution in [2.24, 2.45) is 4.99 Å². The number of aliphatic imine (C=N–C) groups is 1. The van der Waals surface area contributed by atoms with Gasteiger partial charge in [0.1, 0.15) is 5.60 Å². The van der Waals surface area contributed by atoms with Gasteiger partial charge in [-0.1, -0.05) is 6.07 Å². The van der Waals surface area contributed by atoms with E-state index in [4.69, 9.17) is 4.74 Å². The number of carbonyl (C=O) groups is 1. The topological polar surface area (TPSA) is 96.9 Å². The Balaban J connectivity index is 0.00000841. The molecule has 0 aliphatic rings. The van der Waals surface area contributed by atoms with Crippen molar-refractivity contribution < 1.29 is 27.4 Å². The molecule has 0 aromatic carbocycles. The van der Waals surface area contributed by atoms with Crippen molar-refractivity contribution >= 4 is 36.0 Å². The normalized spacial score (nSPS) is 11.9. The highest BCUT2D eigenvalue weighted by Gasteiger charge is 2.28. The first-order valence-corrected chi connectivity index (χ1v) is 9.04. The van der Waals surface area contributed by atoms with Gasteiger partial charge in [-0.15, -0.1) is 24.0 Å². The molecular weight excluding hydrogens is 518 g/mol. The van der Waals surface area contributed by atoms with Crippen molar-refractivity contribution in [3.8, 4) is 5.88 Å². The number of rotatable bonds is 8. The summed E-state index contributed by atoms with van der Waals surface area (Å²) in [5.41, 5.74) is 0.213. The van der Waals surface area contributed by atoms with Crippen LogP contribution in [-0.2, 0) is 11.3 Å². The molecule has 8 nitrogen and oxygen atoms in total. The summed E-state index contributed by atoms with van der Waals surface area (Å²) in [6, 6.07) is 2.99. The molecule has 1 heterocycles. The molecule has 0 fully saturated rings. The first-order chi connectivity index (χ1) is 13.5. The lowest BCUT2D eigenvalue weighted by Gasteiger charge is -2.19. The Labute approximate surface area is 191 Å². The van der Waals surface area contributed by atoms with E-state index in [9.17, 15) is 18.0 Å². The van der Waals surface area contributed by atoms with E-state index in [1.54, 1.807) is 33.9 Å². The van der Waals surface area contributed by atoms with Gasteiger partial charge in [0.2, 0.25) is 5.88 Å². The van der Waals surface area contributed by atoms with E-state index in [0.29, 0.717) is 32.0 Å². The fourth-order valence-electron chi connectivity index (χ4n) is 1.96. The zero-order chi connectivity index (χ0) is 21.9. The standard InChI is InChI=1S/C18H28F3N5O3.HI/c1-17(2,3)29-16(27)24-9-5-8-23-15(22-4)26-11-13-6-7-14(25-10-13)28-12-18(19,20)21;/h6-7,10H,5,8-9,11-12H2,1-4H3,(H,24,27)(H2,22,23,26);1H. The van der Waals surface area contributed by atoms with Crippen LogP contribution in [0.1, 0.15) is 32.8 Å². The lowest BCUT2D eigenvalue weighted by molar-refractivity contribution is -0.154. The monoisotopic (exact) mass is 547 g/mol. The van der Waals surface area contributed by atoms with Gasteiger partial charge < -0.3 is 25.4 Å². The first-order valence-electron chi connectivity index (χ1n) is 9.04. The van der Waals surface area contributed by atoms with E-state index in [0.717, 1.165) is 5.56 Å². The highest BCUT2D eigenvalue weighted by Crippen LogP contribution is 2.17. The summed E-state index contributed by atoms with van der Waals surface area (Å²) in [7, 11) is 1.61. The van der Waals surface area contributed by atoms with Crippen LogP contribution in [0.5, 0.6) is 5.88 Å². The predicted molar refractivity (Wildman–Crippen MR) is 118 cm³/mol. The van der Waals surface area contributed by atoms with Gasteiger partial charge in [0.15, 0.2) is 12.6 Å². The molecule has 0 unspecified atom stereocenters. The number of amides is 1. The van der Waals surface area contributed by atoms with Gasteiger partial charge in [-0.25, -0.2) is 9.78 Å². The maximum atomic E-state index is 12.1. The second-order valence-electron chi connectivity index (χ2n) is 7.04. The third-order valence-electron chi connectivity index (χ3n) is 3.18. The molecule has 0 saturated carbocycles. The fraction of sp³-hybridized carbons (Fsp3) is 0.611. The SMILES string of the molecule is CN=C(NCCCNC(=O)OC(C)(C)C)NCc1ccc(OCC(F)(F)F)nc1.I. The van der Waals surface area contributed by atoms with Gasteiger partial charge in [0.05, 0.1) is 0 Å². The zero-order valence-corrected chi connectivity index (χ0v) is 19.8. The van der Waals surface area contributed by atoms with Gasteiger partial charge in [-0.2, -0.15) is 13.2 Å². The Morgan fingerprint density at radius 3 is 2.33 bits per heavy atom. The minimum atomic E-state index is -4.40. The Kier molecular flexibility index (Phi) is 12.5. The number of pyridine rings is 1. The maximum absolute atomic E-state index is 12.1. The molecule has 12 heteroatoms. The molecule has 0 aliphatic heterocycles. The molecule has 0 aliphatic carbocycles. The van der Waals surface area contributed by atoms with Gasteiger partial charge in [0.25, 0.3) is 0 Å². The van der Waals surface area contributed by atoms with Crippen molar-refractivity contribution in [3.05, 3.63) is 23.9 Å². The number of nitrogens with zero attached hydrogens (tertiary/aromatic N) is 2. The van der Waals surface area contributed by atoms with Crippen LogP contribution in [0.4, 0.5) is 18.0 Å². The summed E-state index contributed by atoms with van der Waals surface area (Å²) in [5, 5.41) is 8.81. The molecule has 0 spiro atoms. The summed E-state index contributed by atoms with van der Waals surface area (Å²) in [6.45, 7) is 5.40. The largest absolute Gasteiger partial charge is 0.468 e. The van der Waals surface area contributed by atoms with Gasteiger partial charge in [-0.3, -0.25) is 4.99 Å². The molecule has 1 rings (SSSR count). The van der Waals surface area contributed by atoms with Gasteiger partial charge in [0, 0.05) is 38.9 Å². The highest BCUT2D eigenvalue weighted by molar-refractivity contribution is 14.0. The highest BCUT2D eigenvalue weighted by atomic mass is 127. The molecule has 1 aromatic heterocycles. The fourth-order valence-corrected chi connectivity index (χ4v) is 1.96. The van der Waals surface area contributed by atoms with Crippen LogP contribution in [0, 0.1) is 0 Å². The molecule has 0 radical (unpaired) electrons. The summed E-state index contributed by atoms with van der Waals surface area (Å²) in [5.74, 6) is 0.450. The Hall–Kier alpha value is -1.99. The molecule has 30 heavy (non-hydrogen) atoms. The quantitative estimate of drug-likeness (QED) is 0.200. The number of alkyl halides is 3. The zero-order valence-electron chi connectivity index (χ0n) is 17.4. The van der Waals surface area contributed by atoms with E-state index >= 15 is 0 Å². The average Bonchev–Trinajstić information content (AvgIpc) is 2.61. The van der Waals surface area contributed by atoms with Gasteiger partial charge >= 0.3 is 12.3 Å². The predicted octanol–water partition coefficient (Wildman–Crippen LogP) is 3.22. The number of hydrogen-bond acceptors (Lipinski definition) is 5. The van der Waals surface area contributed by atoms with Crippen LogP contribution in [0.2, 0.25) is 0 Å². The molecule has 1 aromatic rings. The van der Waals surface area contributed by atoms with E-state index < -0.39 is 24.5 Å². The van der Waals surface area contributed by atoms with Crippen molar-refractivity contribution in [1.29, 1.82) is 0 Å². The van der Waals surface area contributed by atoms with E-state index in [1.165, 1.54) is 12.3 Å². The lowest BCUT2D eigenvalue weighted by Crippen LogP contribution is -2.39. The lowest BCUT2D eigenvalue weighted by atomic mass is 10.2. The van der Waals surface area contributed by atoms with Crippen molar-refractivity contribution in [3.63, 3.8) is 0 Å². The number of alkyl carbamates (subject to hydrolysis) is 1. The van der Waals surface area contributed by atoms with Crippen LogP contribution in [0.25, 0.3) is 0 Å². The molecule has 3 N–H and O–H groups in total. The minimum absolute atomic E-state index is 0. The number of ether oxygens (including phenoxy) is 2. The Bertz CT molecular complexity index is 665. The van der Waals surface area contributed by atoms with Crippen molar-refractivity contribution in [1.82, 2.24) is 20.9 Å². The van der Waals surface area contributed by atoms with Crippen LogP contribution in [0.15, 0.2) is 23.3 Å². The van der Waals surface area contributed by atoms with E-state index in [-0.39, 0.29) is 29.9 Å². The van der Waals surface area contributed by atoms with Crippen LogP contribution in [-0.4, -0.2) is 55.6 Å². The van der Waals surface area contributed by atoms with E-state index in [2.05, 4.69) is 30.7 Å². The summed E-state index contributed by atoms with van der Waals surface area (Å²) in [4.78, 5) is 19.4. The number of carbonyl (C=O) groups excluding carboxylic acids is 1. The molecule has 0 saturated heterocycles. The second-order valence-corrected chi connectivity index (χ2v) is 7.04. The number of nitrogens with one attached hydrogen (secondary N) is 3. The van der Waals surface area contributed by atoms with Crippen LogP contribution < -0.4 is 20.7 Å². The molecular formula is C18H29F3IN5O3. The number of guanidine groups is 1. The second kappa shape index (κ2) is 13.3. The molecule has 0 atom stereocenters. The smallest absolute Gasteiger partial charge is 0.422 e. The summed E-state index contributed by atoms with van der Waals surface area (Å²) >= 11 is 0. The first kappa shape index (κ1) is 28.0. The summed E-state index contributed by atoms with van der Waals surface area (Å²) < 4.78 is 46.0. The minimum Gasteiger partial charge on any atom is -0.468 e. The third kappa shape index (κ3) is 14.1. The Morgan fingerprint density at radius 1 is 1.13 bits per heavy atom. The van der Waals surface area contributed by atoms with Crippen LogP contribution >= 0.6 is 24.0 Å². The number of hydrogen-bond donors (Lipinski definition) is 3. The molecule has 172 valence electrons. The molecule has 1 amide bonds. The van der Waals surface area contributed by atoms with Crippen molar-refractivity contribution in [2.45, 2.75) is 45.5 Å². The Morgan fingerprint density at radius 2 is 1.80 bits per heavy atom. The van der Waals surface area contributed by atoms with Gasteiger partial charge in [-0.05, 0) is 32.8 Å². The average molecular weight is 547 g/mol. The van der Waals surface area contributed by atoms with Crippen molar-refractivity contribution in [2.75, 3.05) is 26.7 Å². The molecule has 0 bridgehead atoms. The number of aromatic nitrogens is 1. The number of halogens is 4. The van der Waals surface area contributed by atoms with E-state index in [1.807, 2.05) is 0 Å².